The molecule has 0 radical (unpaired) electrons. The van der Waals surface area contributed by atoms with Crippen molar-refractivity contribution in [2.24, 2.45) is 0 Å². The molecular formula is C46H51N8O4+. The number of carbonyl (C=O) groups excluding carboxylic acids is 3. The van der Waals surface area contributed by atoms with Gasteiger partial charge in [-0.2, -0.15) is 4.48 Å². The molecule has 4 heterocycles. The van der Waals surface area contributed by atoms with Gasteiger partial charge in [0, 0.05) is 36.2 Å². The van der Waals surface area contributed by atoms with Crippen LogP contribution in [0.5, 0.6) is 0 Å². The molecule has 2 N–H and O–H groups in total. The smallest absolute Gasteiger partial charge is 0.428 e. The highest BCUT2D eigenvalue weighted by atomic mass is 16.4. The van der Waals surface area contributed by atoms with Gasteiger partial charge in [0.25, 0.3) is 0 Å². The number of hydrogen-bond acceptors (Lipinski definition) is 8. The van der Waals surface area contributed by atoms with Crippen molar-refractivity contribution in [2.75, 3.05) is 46.6 Å². The lowest BCUT2D eigenvalue weighted by Gasteiger charge is -2.37. The summed E-state index contributed by atoms with van der Waals surface area (Å²) in [6.07, 6.45) is 5.03. The Balaban J connectivity index is 0.973. The second-order valence-corrected chi connectivity index (χ2v) is 16.1. The second kappa shape index (κ2) is 16.1. The molecule has 5 atom stereocenters. The van der Waals surface area contributed by atoms with Gasteiger partial charge >= 0.3 is 11.9 Å². The Labute approximate surface area is 339 Å². The number of urea groups is 1. The number of fused-ring (bicyclic) bond motifs is 1. The SMILES string of the molecule is C[C@@H]1CCC[N+]1(C(=O)Nc1ccc(-c2ncc(-c3ccc4nc([C@@H]5CCCN5C(=O)[C@@H](c5ccccc5)N(C)C)[nH]c4c3)o2)cc1)C(=O)[C@@H](c1ccccc1)N(C)C. The lowest BCUT2D eigenvalue weighted by atomic mass is 10.0. The summed E-state index contributed by atoms with van der Waals surface area (Å²) >= 11 is 0. The van der Waals surface area contributed by atoms with Crippen LogP contribution in [-0.2, 0) is 9.59 Å². The van der Waals surface area contributed by atoms with E-state index in [1.807, 2.05) is 153 Å². The number of carbonyl (C=O) groups is 3. The second-order valence-electron chi connectivity index (χ2n) is 16.1. The van der Waals surface area contributed by atoms with Crippen molar-refractivity contribution in [1.29, 1.82) is 0 Å². The molecule has 58 heavy (non-hydrogen) atoms. The number of imide groups is 1. The zero-order valence-corrected chi connectivity index (χ0v) is 33.8. The van der Waals surface area contributed by atoms with Crippen LogP contribution < -0.4 is 5.32 Å². The third kappa shape index (κ3) is 7.23. The normalized spacial score (nSPS) is 20.5. The standard InChI is InChI=1S/C46H50N8O4/c1-30-14-13-27-54(30,45(56)41(52(4)5)32-17-10-7-11-18-32)46(57)48-35-23-20-33(21-24-35)43-47-29-39(58-43)34-22-25-36-37(28-34)50-42(49-36)38-19-12-26-53(38)44(55)40(51(2)3)31-15-8-6-9-16-31/h6-11,15-18,20-25,28-30,38,40-41H,12-14,19,26-27H2,1-5H3,(H-,47,48,49,50,57)/p+1/t30-,38+,40-,41-,54?/m1/s1. The predicted molar refractivity (Wildman–Crippen MR) is 224 cm³/mol. The summed E-state index contributed by atoms with van der Waals surface area (Å²) in [5.74, 6) is 1.76. The Kier molecular flexibility index (Phi) is 10.8. The zero-order valence-electron chi connectivity index (χ0n) is 33.8. The number of rotatable bonds is 10. The summed E-state index contributed by atoms with van der Waals surface area (Å²) in [6.45, 7) is 3.13. The number of imidazole rings is 1. The molecule has 6 aromatic rings. The van der Waals surface area contributed by atoms with Crippen LogP contribution in [-0.4, -0.2) is 99.3 Å². The number of nitrogens with one attached hydrogen (secondary N) is 2. The summed E-state index contributed by atoms with van der Waals surface area (Å²) in [5, 5.41) is 3.07. The Morgan fingerprint density at radius 1 is 0.828 bits per heavy atom. The summed E-state index contributed by atoms with van der Waals surface area (Å²) in [5.41, 5.74) is 5.68. The Morgan fingerprint density at radius 3 is 2.12 bits per heavy atom. The minimum Gasteiger partial charge on any atom is -0.436 e. The molecule has 2 aromatic heterocycles. The third-order valence-corrected chi connectivity index (χ3v) is 11.9. The Bertz CT molecular complexity index is 2410. The van der Waals surface area contributed by atoms with Gasteiger partial charge in [-0.1, -0.05) is 60.7 Å². The van der Waals surface area contributed by atoms with Gasteiger partial charge in [0.2, 0.25) is 11.8 Å². The van der Waals surface area contributed by atoms with Gasteiger partial charge in [-0.15, -0.1) is 0 Å². The molecule has 0 saturated carbocycles. The van der Waals surface area contributed by atoms with Crippen LogP contribution >= 0.6 is 0 Å². The molecule has 298 valence electrons. The fourth-order valence-corrected chi connectivity index (χ4v) is 8.89. The van der Waals surface area contributed by atoms with Crippen molar-refractivity contribution in [3.05, 3.63) is 126 Å². The fraction of sp³-hybridized carbons (Fsp3) is 0.326. The number of likely N-dealkylation sites (tertiary alicyclic amines) is 2. The van der Waals surface area contributed by atoms with Gasteiger partial charge in [-0.25, -0.2) is 19.6 Å². The number of anilines is 1. The molecule has 1 unspecified atom stereocenters. The summed E-state index contributed by atoms with van der Waals surface area (Å²) < 4.78 is 6.01. The number of aromatic amines is 1. The predicted octanol–water partition coefficient (Wildman–Crippen LogP) is 8.21. The molecule has 8 rings (SSSR count). The Hall–Kier alpha value is -5.95. The topological polar surface area (TPSA) is 128 Å². The van der Waals surface area contributed by atoms with Crippen molar-refractivity contribution >= 4 is 34.6 Å². The maximum atomic E-state index is 14.4. The molecule has 0 bridgehead atoms. The van der Waals surface area contributed by atoms with Crippen molar-refractivity contribution < 1.29 is 23.3 Å². The van der Waals surface area contributed by atoms with Gasteiger partial charge in [-0.05, 0) is 102 Å². The third-order valence-electron chi connectivity index (χ3n) is 11.9. The van der Waals surface area contributed by atoms with Crippen LogP contribution in [0.3, 0.4) is 0 Å². The molecule has 2 aliphatic rings. The minimum atomic E-state index is -0.556. The molecule has 2 fully saturated rings. The monoisotopic (exact) mass is 779 g/mol. The fourth-order valence-electron chi connectivity index (χ4n) is 8.89. The lowest BCUT2D eigenvalue weighted by Crippen LogP contribution is -2.63. The highest BCUT2D eigenvalue weighted by Crippen LogP contribution is 2.37. The molecule has 12 nitrogen and oxygen atoms in total. The van der Waals surface area contributed by atoms with Gasteiger partial charge in [0.1, 0.15) is 17.9 Å². The zero-order chi connectivity index (χ0) is 40.6. The molecule has 2 aliphatic heterocycles. The van der Waals surface area contributed by atoms with E-state index < -0.39 is 6.04 Å². The number of hydrogen-bond donors (Lipinski definition) is 2. The summed E-state index contributed by atoms with van der Waals surface area (Å²) in [6, 6.07) is 31.3. The highest BCUT2D eigenvalue weighted by Gasteiger charge is 2.55. The average molecular weight is 780 g/mol. The number of nitrogens with zero attached hydrogens (tertiary/aromatic N) is 6. The molecule has 4 aromatic carbocycles. The summed E-state index contributed by atoms with van der Waals surface area (Å²) in [7, 11) is 7.65. The van der Waals surface area contributed by atoms with Crippen LogP contribution in [0.4, 0.5) is 10.5 Å². The van der Waals surface area contributed by atoms with Crippen molar-refractivity contribution in [3.8, 4) is 22.8 Å². The molecular weight excluding hydrogens is 729 g/mol. The maximum Gasteiger partial charge on any atom is 0.428 e. The molecule has 4 amide bonds. The van der Waals surface area contributed by atoms with E-state index in [1.54, 1.807) is 6.20 Å². The number of amides is 4. The molecule has 2 saturated heterocycles. The largest absolute Gasteiger partial charge is 0.436 e. The molecule has 0 spiro atoms. The van der Waals surface area contributed by atoms with Crippen molar-refractivity contribution in [2.45, 2.75) is 56.8 Å². The van der Waals surface area contributed by atoms with Crippen LogP contribution in [0.15, 0.2) is 114 Å². The van der Waals surface area contributed by atoms with E-state index in [2.05, 4.69) is 15.3 Å². The number of oxazole rings is 1. The maximum absolute atomic E-state index is 14.4. The van der Waals surface area contributed by atoms with Crippen LogP contribution in [0, 0.1) is 0 Å². The number of quaternary nitrogens is 1. The van der Waals surface area contributed by atoms with Crippen molar-refractivity contribution in [3.63, 3.8) is 0 Å². The highest BCUT2D eigenvalue weighted by molar-refractivity contribution is 5.95. The number of benzene rings is 4. The van der Waals surface area contributed by atoms with Gasteiger partial charge in [-0.3, -0.25) is 19.9 Å². The van der Waals surface area contributed by atoms with E-state index in [1.165, 1.54) is 0 Å². The number of likely N-dealkylation sites (N-methyl/N-ethyl adjacent to an activating group) is 2. The van der Waals surface area contributed by atoms with E-state index in [-0.39, 0.29) is 40.5 Å². The van der Waals surface area contributed by atoms with E-state index in [0.29, 0.717) is 30.4 Å². The molecule has 12 heteroatoms. The van der Waals surface area contributed by atoms with Crippen LogP contribution in [0.1, 0.15) is 67.7 Å². The number of aromatic nitrogens is 3. The average Bonchev–Trinajstić information content (AvgIpc) is 4.05. The molecule has 0 aliphatic carbocycles. The van der Waals surface area contributed by atoms with E-state index in [0.717, 1.165) is 64.8 Å². The van der Waals surface area contributed by atoms with E-state index in [4.69, 9.17) is 9.40 Å². The van der Waals surface area contributed by atoms with Crippen LogP contribution in [0.25, 0.3) is 33.8 Å². The Morgan fingerprint density at radius 2 is 1.48 bits per heavy atom. The first-order chi connectivity index (χ1) is 28.0. The number of H-pyrrole nitrogens is 1. The minimum absolute atomic E-state index is 0.0722. The first kappa shape index (κ1) is 38.9. The summed E-state index contributed by atoms with van der Waals surface area (Å²) in [4.78, 5) is 61.4. The van der Waals surface area contributed by atoms with E-state index >= 15 is 0 Å². The van der Waals surface area contributed by atoms with Gasteiger partial charge in [0.05, 0.1) is 29.8 Å². The van der Waals surface area contributed by atoms with Gasteiger partial charge < -0.3 is 14.3 Å². The van der Waals surface area contributed by atoms with Crippen LogP contribution in [0.2, 0.25) is 0 Å². The van der Waals surface area contributed by atoms with E-state index in [9.17, 15) is 14.4 Å². The van der Waals surface area contributed by atoms with Gasteiger partial charge in [0.15, 0.2) is 11.8 Å². The quantitative estimate of drug-likeness (QED) is 0.133. The first-order valence-corrected chi connectivity index (χ1v) is 20.1. The first-order valence-electron chi connectivity index (χ1n) is 20.1. The van der Waals surface area contributed by atoms with Crippen molar-refractivity contribution in [1.82, 2.24) is 29.7 Å². The lowest BCUT2D eigenvalue weighted by molar-refractivity contribution is -0.783.